The number of fused-ring (bicyclic) bond motifs is 3. The molecule has 0 atom stereocenters. The number of nitrogens with zero attached hydrogens (tertiary/aromatic N) is 1. The van der Waals surface area contributed by atoms with Gasteiger partial charge in [0.05, 0.1) is 11.2 Å². The SMILES string of the molecule is Cc1ccccc1-c1nc(C(=O)NCc2cccc(Cl)c2)cc2c1[nH]c1ccccc12. The highest BCUT2D eigenvalue weighted by molar-refractivity contribution is 6.30. The Hall–Kier alpha value is -3.63. The molecule has 2 aromatic heterocycles. The summed E-state index contributed by atoms with van der Waals surface area (Å²) in [4.78, 5) is 21.3. The number of carbonyl (C=O) groups is 1. The van der Waals surface area contributed by atoms with Gasteiger partial charge in [0.1, 0.15) is 5.69 Å². The first-order chi connectivity index (χ1) is 15.1. The van der Waals surface area contributed by atoms with Crippen LogP contribution in [0.4, 0.5) is 0 Å². The summed E-state index contributed by atoms with van der Waals surface area (Å²) in [6.45, 7) is 2.43. The largest absolute Gasteiger partial charge is 0.353 e. The third-order valence-corrected chi connectivity index (χ3v) is 5.71. The van der Waals surface area contributed by atoms with Gasteiger partial charge in [-0.15, -0.1) is 0 Å². The van der Waals surface area contributed by atoms with E-state index in [1.54, 1.807) is 0 Å². The highest BCUT2D eigenvalue weighted by Crippen LogP contribution is 2.33. The zero-order valence-corrected chi connectivity index (χ0v) is 17.7. The first-order valence-corrected chi connectivity index (χ1v) is 10.5. The molecule has 0 spiro atoms. The average molecular weight is 426 g/mol. The fourth-order valence-corrected chi connectivity index (χ4v) is 4.13. The molecule has 0 saturated heterocycles. The normalized spacial score (nSPS) is 11.2. The summed E-state index contributed by atoms with van der Waals surface area (Å²) in [7, 11) is 0. The lowest BCUT2D eigenvalue weighted by atomic mass is 10.0. The van der Waals surface area contributed by atoms with E-state index in [9.17, 15) is 4.79 Å². The molecule has 2 heterocycles. The Balaban J connectivity index is 1.62. The topological polar surface area (TPSA) is 57.8 Å². The lowest BCUT2D eigenvalue weighted by Crippen LogP contribution is -2.24. The molecule has 1 amide bonds. The van der Waals surface area contributed by atoms with E-state index in [0.717, 1.165) is 44.2 Å². The Morgan fingerprint density at radius 2 is 1.77 bits per heavy atom. The summed E-state index contributed by atoms with van der Waals surface area (Å²) >= 11 is 6.06. The molecular weight excluding hydrogens is 406 g/mol. The van der Waals surface area contributed by atoms with Crippen LogP contribution < -0.4 is 5.32 Å². The summed E-state index contributed by atoms with van der Waals surface area (Å²) in [5.41, 5.74) is 6.16. The molecule has 5 aromatic rings. The number of rotatable bonds is 4. The molecule has 0 saturated carbocycles. The molecule has 0 aliphatic heterocycles. The Morgan fingerprint density at radius 3 is 2.61 bits per heavy atom. The van der Waals surface area contributed by atoms with Crippen LogP contribution in [0.3, 0.4) is 0 Å². The second-order valence-corrected chi connectivity index (χ2v) is 8.01. The smallest absolute Gasteiger partial charge is 0.270 e. The van der Waals surface area contributed by atoms with Crippen LogP contribution in [0.1, 0.15) is 21.6 Å². The summed E-state index contributed by atoms with van der Waals surface area (Å²) in [6.07, 6.45) is 0. The lowest BCUT2D eigenvalue weighted by molar-refractivity contribution is 0.0946. The Kier molecular flexibility index (Phi) is 4.92. The molecular formula is C26H20ClN3O. The van der Waals surface area contributed by atoms with Crippen molar-refractivity contribution in [3.63, 3.8) is 0 Å². The predicted molar refractivity (Wildman–Crippen MR) is 126 cm³/mol. The van der Waals surface area contributed by atoms with Crippen LogP contribution >= 0.6 is 11.6 Å². The van der Waals surface area contributed by atoms with Gasteiger partial charge in [-0.05, 0) is 42.3 Å². The van der Waals surface area contributed by atoms with Crippen molar-refractivity contribution in [2.24, 2.45) is 0 Å². The Bertz CT molecular complexity index is 1440. The highest BCUT2D eigenvalue weighted by atomic mass is 35.5. The first kappa shape index (κ1) is 19.3. The number of amides is 1. The van der Waals surface area contributed by atoms with E-state index in [2.05, 4.69) is 29.4 Å². The van der Waals surface area contributed by atoms with Gasteiger partial charge in [-0.1, -0.05) is 66.2 Å². The lowest BCUT2D eigenvalue weighted by Gasteiger charge is -2.10. The molecule has 0 bridgehead atoms. The number of halogens is 1. The van der Waals surface area contributed by atoms with E-state index >= 15 is 0 Å². The van der Waals surface area contributed by atoms with Crippen molar-refractivity contribution >= 4 is 39.3 Å². The standard InChI is InChI=1S/C26H20ClN3O/c1-16-7-2-3-10-19(16)24-25-21(20-11-4-5-12-22(20)29-25)14-23(30-24)26(31)28-15-17-8-6-9-18(27)13-17/h2-14,29H,15H2,1H3,(H,28,31). The van der Waals surface area contributed by atoms with Crippen molar-refractivity contribution in [2.75, 3.05) is 0 Å². The maximum atomic E-state index is 13.1. The molecule has 0 aliphatic carbocycles. The second-order valence-electron chi connectivity index (χ2n) is 7.58. The average Bonchev–Trinajstić information content (AvgIpc) is 3.16. The molecule has 152 valence electrons. The van der Waals surface area contributed by atoms with E-state index in [4.69, 9.17) is 16.6 Å². The number of hydrogen-bond acceptors (Lipinski definition) is 2. The van der Waals surface area contributed by atoms with E-state index in [-0.39, 0.29) is 5.91 Å². The fraction of sp³-hybridized carbons (Fsp3) is 0.0769. The quantitative estimate of drug-likeness (QED) is 0.356. The third kappa shape index (κ3) is 3.66. The molecule has 5 rings (SSSR count). The minimum atomic E-state index is -0.220. The van der Waals surface area contributed by atoms with E-state index in [0.29, 0.717) is 17.3 Å². The summed E-state index contributed by atoms with van der Waals surface area (Å²) in [6, 6.07) is 25.5. The number of pyridine rings is 1. The molecule has 0 aliphatic rings. The van der Waals surface area contributed by atoms with Crippen LogP contribution in [-0.2, 0) is 6.54 Å². The summed E-state index contributed by atoms with van der Waals surface area (Å²) in [5, 5.41) is 5.67. The van der Waals surface area contributed by atoms with Crippen molar-refractivity contribution in [3.05, 3.63) is 101 Å². The van der Waals surface area contributed by atoms with Crippen molar-refractivity contribution in [1.82, 2.24) is 15.3 Å². The van der Waals surface area contributed by atoms with Gasteiger partial charge in [-0.25, -0.2) is 4.98 Å². The van der Waals surface area contributed by atoms with Gasteiger partial charge in [0.15, 0.2) is 0 Å². The van der Waals surface area contributed by atoms with Crippen molar-refractivity contribution in [2.45, 2.75) is 13.5 Å². The zero-order valence-electron chi connectivity index (χ0n) is 16.9. The van der Waals surface area contributed by atoms with Crippen molar-refractivity contribution < 1.29 is 4.79 Å². The van der Waals surface area contributed by atoms with Gasteiger partial charge < -0.3 is 10.3 Å². The summed E-state index contributed by atoms with van der Waals surface area (Å²) in [5.74, 6) is -0.220. The van der Waals surface area contributed by atoms with Gasteiger partial charge >= 0.3 is 0 Å². The number of aromatic nitrogens is 2. The third-order valence-electron chi connectivity index (χ3n) is 5.47. The van der Waals surface area contributed by atoms with Gasteiger partial charge in [-0.3, -0.25) is 4.79 Å². The number of nitrogens with one attached hydrogen (secondary N) is 2. The van der Waals surface area contributed by atoms with Gasteiger partial charge in [0, 0.05) is 33.4 Å². The molecule has 0 fully saturated rings. The molecule has 3 aromatic carbocycles. The molecule has 4 nitrogen and oxygen atoms in total. The zero-order chi connectivity index (χ0) is 21.4. The van der Waals surface area contributed by atoms with Gasteiger partial charge in [0.25, 0.3) is 5.91 Å². The maximum absolute atomic E-state index is 13.1. The van der Waals surface area contributed by atoms with Crippen LogP contribution in [0.2, 0.25) is 5.02 Å². The van der Waals surface area contributed by atoms with E-state index < -0.39 is 0 Å². The molecule has 0 radical (unpaired) electrons. The van der Waals surface area contributed by atoms with E-state index in [1.807, 2.05) is 66.7 Å². The number of benzene rings is 3. The Labute approximate surface area is 184 Å². The summed E-state index contributed by atoms with van der Waals surface area (Å²) < 4.78 is 0. The minimum Gasteiger partial charge on any atom is -0.353 e. The van der Waals surface area contributed by atoms with Crippen LogP contribution in [0, 0.1) is 6.92 Å². The molecule has 0 unspecified atom stereocenters. The highest BCUT2D eigenvalue weighted by Gasteiger charge is 2.17. The molecule has 5 heteroatoms. The monoisotopic (exact) mass is 425 g/mol. The number of para-hydroxylation sites is 1. The molecule has 31 heavy (non-hydrogen) atoms. The minimum absolute atomic E-state index is 0.220. The number of aromatic amines is 1. The first-order valence-electron chi connectivity index (χ1n) is 10.1. The van der Waals surface area contributed by atoms with Crippen molar-refractivity contribution in [3.8, 4) is 11.3 Å². The van der Waals surface area contributed by atoms with Gasteiger partial charge in [0.2, 0.25) is 0 Å². The number of H-pyrrole nitrogens is 1. The van der Waals surface area contributed by atoms with Crippen molar-refractivity contribution in [1.29, 1.82) is 0 Å². The van der Waals surface area contributed by atoms with Crippen LogP contribution in [0.5, 0.6) is 0 Å². The second kappa shape index (κ2) is 7.89. The van der Waals surface area contributed by atoms with Crippen LogP contribution in [0.25, 0.3) is 33.1 Å². The van der Waals surface area contributed by atoms with Crippen LogP contribution in [-0.4, -0.2) is 15.9 Å². The Morgan fingerprint density at radius 1 is 0.968 bits per heavy atom. The number of carbonyl (C=O) groups excluding carboxylic acids is 1. The van der Waals surface area contributed by atoms with Gasteiger partial charge in [-0.2, -0.15) is 0 Å². The number of hydrogen-bond donors (Lipinski definition) is 2. The maximum Gasteiger partial charge on any atom is 0.270 e. The van der Waals surface area contributed by atoms with Crippen LogP contribution in [0.15, 0.2) is 78.9 Å². The fourth-order valence-electron chi connectivity index (χ4n) is 3.92. The van der Waals surface area contributed by atoms with E-state index in [1.165, 1.54) is 0 Å². The predicted octanol–water partition coefficient (Wildman–Crippen LogP) is 6.27. The molecule has 2 N–H and O–H groups in total. The number of aryl methyl sites for hydroxylation is 1.